The van der Waals surface area contributed by atoms with Gasteiger partial charge in [-0.2, -0.15) is 0 Å². The van der Waals surface area contributed by atoms with E-state index in [1.807, 2.05) is 0 Å². The number of anilines is 1. The molecule has 0 unspecified atom stereocenters. The average Bonchev–Trinajstić information content (AvgIpc) is 2.34. The molecule has 0 aliphatic heterocycles. The first-order valence-electron chi connectivity index (χ1n) is 6.21. The first kappa shape index (κ1) is 13.8. The molecular formula is C13H18BrFN2O. The number of hydrogen-bond acceptors (Lipinski definition) is 3. The highest BCUT2D eigenvalue weighted by molar-refractivity contribution is 9.10. The highest BCUT2D eigenvalue weighted by atomic mass is 79.9. The van der Waals surface area contributed by atoms with Crippen molar-refractivity contribution in [2.24, 2.45) is 0 Å². The number of nitrogen functional groups attached to an aromatic ring is 1. The SMILES string of the molecule is Nc1c(Br)cc(F)cc1CNC1CCC(O)CC1. The van der Waals surface area contributed by atoms with Crippen molar-refractivity contribution in [1.29, 1.82) is 0 Å². The second-order valence-electron chi connectivity index (χ2n) is 4.85. The van der Waals surface area contributed by atoms with Gasteiger partial charge in [-0.05, 0) is 59.3 Å². The lowest BCUT2D eigenvalue weighted by Gasteiger charge is -2.26. The molecule has 1 saturated carbocycles. The molecule has 0 aromatic heterocycles. The van der Waals surface area contributed by atoms with Crippen LogP contribution in [0.1, 0.15) is 31.2 Å². The van der Waals surface area contributed by atoms with Gasteiger partial charge in [0.1, 0.15) is 5.82 Å². The van der Waals surface area contributed by atoms with Gasteiger partial charge in [0, 0.05) is 17.1 Å². The third kappa shape index (κ3) is 3.43. The molecule has 18 heavy (non-hydrogen) atoms. The van der Waals surface area contributed by atoms with E-state index in [9.17, 15) is 9.50 Å². The van der Waals surface area contributed by atoms with Gasteiger partial charge in [0.15, 0.2) is 0 Å². The van der Waals surface area contributed by atoms with Crippen LogP contribution < -0.4 is 11.1 Å². The Labute approximate surface area is 115 Å². The Kier molecular flexibility index (Phi) is 4.59. The van der Waals surface area contributed by atoms with Gasteiger partial charge >= 0.3 is 0 Å². The Morgan fingerprint density at radius 1 is 1.33 bits per heavy atom. The van der Waals surface area contributed by atoms with E-state index in [2.05, 4.69) is 21.2 Å². The van der Waals surface area contributed by atoms with E-state index in [4.69, 9.17) is 5.73 Å². The normalized spacial score (nSPS) is 24.2. The summed E-state index contributed by atoms with van der Waals surface area (Å²) in [5, 5.41) is 12.8. The van der Waals surface area contributed by atoms with Gasteiger partial charge in [-0.1, -0.05) is 0 Å². The average molecular weight is 317 g/mol. The van der Waals surface area contributed by atoms with Crippen LogP contribution in [0.15, 0.2) is 16.6 Å². The van der Waals surface area contributed by atoms with E-state index in [1.54, 1.807) is 0 Å². The van der Waals surface area contributed by atoms with Crippen LogP contribution in [0.2, 0.25) is 0 Å². The molecule has 1 aliphatic carbocycles. The number of benzene rings is 1. The lowest BCUT2D eigenvalue weighted by Crippen LogP contribution is -2.34. The van der Waals surface area contributed by atoms with Gasteiger partial charge in [-0.15, -0.1) is 0 Å². The van der Waals surface area contributed by atoms with Crippen LogP contribution in [-0.2, 0) is 6.54 Å². The lowest BCUT2D eigenvalue weighted by atomic mass is 9.93. The molecule has 1 aliphatic rings. The number of nitrogens with one attached hydrogen (secondary N) is 1. The standard InChI is InChI=1S/C13H18BrFN2O/c14-12-6-9(15)5-8(13(12)16)7-17-10-1-3-11(18)4-2-10/h5-6,10-11,17-18H,1-4,7,16H2. The summed E-state index contributed by atoms with van der Waals surface area (Å²) >= 11 is 3.24. The van der Waals surface area contributed by atoms with Gasteiger partial charge in [0.05, 0.1) is 11.8 Å². The van der Waals surface area contributed by atoms with Gasteiger partial charge < -0.3 is 16.2 Å². The summed E-state index contributed by atoms with van der Waals surface area (Å²) in [7, 11) is 0. The van der Waals surface area contributed by atoms with Crippen molar-refractivity contribution >= 4 is 21.6 Å². The van der Waals surface area contributed by atoms with E-state index < -0.39 is 0 Å². The molecule has 4 N–H and O–H groups in total. The van der Waals surface area contributed by atoms with Crippen molar-refractivity contribution in [1.82, 2.24) is 5.32 Å². The predicted molar refractivity (Wildman–Crippen MR) is 73.6 cm³/mol. The van der Waals surface area contributed by atoms with Crippen LogP contribution in [-0.4, -0.2) is 17.3 Å². The Hall–Kier alpha value is -0.650. The first-order valence-corrected chi connectivity index (χ1v) is 7.00. The summed E-state index contributed by atoms with van der Waals surface area (Å²) in [6.45, 7) is 0.558. The van der Waals surface area contributed by atoms with Gasteiger partial charge in [-0.3, -0.25) is 0 Å². The summed E-state index contributed by atoms with van der Waals surface area (Å²) in [4.78, 5) is 0. The molecule has 1 fully saturated rings. The fourth-order valence-electron chi connectivity index (χ4n) is 2.32. The minimum absolute atomic E-state index is 0.156. The van der Waals surface area contributed by atoms with Crippen LogP contribution in [0.4, 0.5) is 10.1 Å². The van der Waals surface area contributed by atoms with Crippen LogP contribution in [0.3, 0.4) is 0 Å². The molecule has 0 bridgehead atoms. The Balaban J connectivity index is 1.94. The monoisotopic (exact) mass is 316 g/mol. The first-order chi connectivity index (χ1) is 8.56. The van der Waals surface area contributed by atoms with Crippen molar-refractivity contribution < 1.29 is 9.50 Å². The third-order valence-corrected chi connectivity index (χ3v) is 4.11. The molecule has 0 radical (unpaired) electrons. The zero-order valence-electron chi connectivity index (χ0n) is 10.1. The van der Waals surface area contributed by atoms with Gasteiger partial charge in [0.2, 0.25) is 0 Å². The zero-order valence-corrected chi connectivity index (χ0v) is 11.7. The molecule has 5 heteroatoms. The Morgan fingerprint density at radius 3 is 2.67 bits per heavy atom. The maximum atomic E-state index is 13.3. The fourth-order valence-corrected chi connectivity index (χ4v) is 2.79. The highest BCUT2D eigenvalue weighted by Crippen LogP contribution is 2.25. The Bertz CT molecular complexity index is 420. The molecule has 1 aromatic rings. The summed E-state index contributed by atoms with van der Waals surface area (Å²) in [6.07, 6.45) is 3.42. The molecule has 1 aromatic carbocycles. The minimum Gasteiger partial charge on any atom is -0.398 e. The van der Waals surface area contributed by atoms with Crippen molar-refractivity contribution in [2.75, 3.05) is 5.73 Å². The fraction of sp³-hybridized carbons (Fsp3) is 0.538. The second kappa shape index (κ2) is 5.99. The smallest absolute Gasteiger partial charge is 0.124 e. The van der Waals surface area contributed by atoms with E-state index in [-0.39, 0.29) is 11.9 Å². The number of rotatable bonds is 3. The summed E-state index contributed by atoms with van der Waals surface area (Å²) < 4.78 is 13.9. The zero-order chi connectivity index (χ0) is 13.1. The molecule has 2 rings (SSSR count). The molecule has 0 spiro atoms. The molecular weight excluding hydrogens is 299 g/mol. The lowest BCUT2D eigenvalue weighted by molar-refractivity contribution is 0.116. The third-order valence-electron chi connectivity index (χ3n) is 3.46. The minimum atomic E-state index is -0.285. The van der Waals surface area contributed by atoms with Crippen LogP contribution in [0.25, 0.3) is 0 Å². The molecule has 0 heterocycles. The van der Waals surface area contributed by atoms with Crippen LogP contribution in [0.5, 0.6) is 0 Å². The number of aliphatic hydroxyl groups excluding tert-OH is 1. The van der Waals surface area contributed by atoms with Crippen molar-refractivity contribution in [3.8, 4) is 0 Å². The van der Waals surface area contributed by atoms with Crippen LogP contribution >= 0.6 is 15.9 Å². The van der Waals surface area contributed by atoms with Crippen molar-refractivity contribution in [3.63, 3.8) is 0 Å². The van der Waals surface area contributed by atoms with Gasteiger partial charge in [0.25, 0.3) is 0 Å². The largest absolute Gasteiger partial charge is 0.398 e. The number of nitrogens with two attached hydrogens (primary N) is 1. The highest BCUT2D eigenvalue weighted by Gasteiger charge is 2.19. The molecule has 0 amide bonds. The molecule has 100 valence electrons. The van der Waals surface area contributed by atoms with E-state index in [0.29, 0.717) is 22.7 Å². The van der Waals surface area contributed by atoms with Gasteiger partial charge in [-0.25, -0.2) is 4.39 Å². The molecule has 3 nitrogen and oxygen atoms in total. The molecule has 0 saturated heterocycles. The van der Waals surface area contributed by atoms with Crippen molar-refractivity contribution in [3.05, 3.63) is 28.0 Å². The van der Waals surface area contributed by atoms with Crippen molar-refractivity contribution in [2.45, 2.75) is 44.4 Å². The maximum Gasteiger partial charge on any atom is 0.124 e. The topological polar surface area (TPSA) is 58.3 Å². The number of aliphatic hydroxyl groups is 1. The number of hydrogen-bond donors (Lipinski definition) is 3. The second-order valence-corrected chi connectivity index (χ2v) is 5.70. The Morgan fingerprint density at radius 2 is 2.00 bits per heavy atom. The molecule has 0 atom stereocenters. The van der Waals surface area contributed by atoms with E-state index in [1.165, 1.54) is 12.1 Å². The quantitative estimate of drug-likeness (QED) is 0.751. The predicted octanol–water partition coefficient (Wildman–Crippen LogP) is 2.56. The van der Waals surface area contributed by atoms with E-state index in [0.717, 1.165) is 31.2 Å². The summed E-state index contributed by atoms with van der Waals surface area (Å²) in [6, 6.07) is 3.22. The summed E-state index contributed by atoms with van der Waals surface area (Å²) in [5.74, 6) is -0.285. The van der Waals surface area contributed by atoms with Crippen LogP contribution in [0, 0.1) is 5.82 Å². The summed E-state index contributed by atoms with van der Waals surface area (Å²) in [5.41, 5.74) is 7.25. The maximum absolute atomic E-state index is 13.3. The van der Waals surface area contributed by atoms with E-state index >= 15 is 0 Å². The number of halogens is 2.